The van der Waals surface area contributed by atoms with Gasteiger partial charge in [0.05, 0.1) is 18.8 Å². The minimum Gasteiger partial charge on any atom is -0.497 e. The van der Waals surface area contributed by atoms with Crippen molar-refractivity contribution in [1.29, 1.82) is 0 Å². The molecule has 7 nitrogen and oxygen atoms in total. The molecule has 1 aliphatic heterocycles. The number of hydrogen-bond acceptors (Lipinski definition) is 8. The number of methoxy groups -OCH3 is 1. The van der Waals surface area contributed by atoms with Gasteiger partial charge in [0.1, 0.15) is 5.75 Å². The SMILES string of the molecule is COc1ccc(-c2nc(COC(=O)c3ccccc3SCC3CCCO3)no2)cc1. The molecule has 0 amide bonds. The van der Waals surface area contributed by atoms with E-state index < -0.39 is 5.97 Å². The Kier molecular flexibility index (Phi) is 6.66. The number of esters is 1. The van der Waals surface area contributed by atoms with E-state index in [1.807, 2.05) is 42.5 Å². The van der Waals surface area contributed by atoms with Crippen LogP contribution in [0.1, 0.15) is 29.0 Å². The number of carbonyl (C=O) groups excluding carboxylic acids is 1. The smallest absolute Gasteiger partial charge is 0.339 e. The van der Waals surface area contributed by atoms with Crippen molar-refractivity contribution < 1.29 is 23.5 Å². The van der Waals surface area contributed by atoms with Gasteiger partial charge in [0.2, 0.25) is 5.82 Å². The zero-order chi connectivity index (χ0) is 20.8. The summed E-state index contributed by atoms with van der Waals surface area (Å²) in [6.45, 7) is 0.751. The standard InChI is InChI=1S/C22H22N2O5S/c1-26-16-10-8-15(9-11-16)21-23-20(24-29-21)13-28-22(25)18-6-2-3-7-19(18)30-14-17-5-4-12-27-17/h2-3,6-11,17H,4-5,12-14H2,1H3. The van der Waals surface area contributed by atoms with Crippen LogP contribution in [0.25, 0.3) is 11.5 Å². The summed E-state index contributed by atoms with van der Waals surface area (Å²) in [5, 5.41) is 3.90. The normalized spacial score (nSPS) is 15.8. The minimum atomic E-state index is -0.416. The molecule has 1 aromatic heterocycles. The molecule has 1 saturated heterocycles. The fourth-order valence-corrected chi connectivity index (χ4v) is 4.20. The summed E-state index contributed by atoms with van der Waals surface area (Å²) in [5.74, 6) is 1.81. The molecule has 1 atom stereocenters. The average Bonchev–Trinajstić information content (AvgIpc) is 3.48. The zero-order valence-electron chi connectivity index (χ0n) is 16.6. The molecule has 4 rings (SSSR count). The summed E-state index contributed by atoms with van der Waals surface area (Å²) in [5.41, 5.74) is 1.29. The van der Waals surface area contributed by atoms with E-state index in [1.54, 1.807) is 24.9 Å². The first-order valence-electron chi connectivity index (χ1n) is 9.70. The van der Waals surface area contributed by atoms with Gasteiger partial charge in [-0.15, -0.1) is 11.8 Å². The van der Waals surface area contributed by atoms with Gasteiger partial charge in [-0.25, -0.2) is 4.79 Å². The molecular formula is C22H22N2O5S. The number of rotatable bonds is 8. The molecule has 1 aliphatic rings. The fraction of sp³-hybridized carbons (Fsp3) is 0.318. The zero-order valence-corrected chi connectivity index (χ0v) is 17.4. The van der Waals surface area contributed by atoms with Gasteiger partial charge in [-0.2, -0.15) is 4.98 Å². The van der Waals surface area contributed by atoms with E-state index in [-0.39, 0.29) is 12.7 Å². The number of aromatic nitrogens is 2. The van der Waals surface area contributed by atoms with Gasteiger partial charge in [0, 0.05) is 22.8 Å². The Balaban J connectivity index is 1.36. The molecule has 0 radical (unpaired) electrons. The van der Waals surface area contributed by atoms with Crippen LogP contribution >= 0.6 is 11.8 Å². The highest BCUT2D eigenvalue weighted by molar-refractivity contribution is 7.99. The van der Waals surface area contributed by atoms with Gasteiger partial charge in [-0.05, 0) is 49.2 Å². The van der Waals surface area contributed by atoms with Crippen LogP contribution < -0.4 is 4.74 Å². The van der Waals surface area contributed by atoms with Crippen LogP contribution in [-0.4, -0.2) is 41.7 Å². The Hall–Kier alpha value is -2.84. The maximum atomic E-state index is 12.6. The van der Waals surface area contributed by atoms with Crippen molar-refractivity contribution in [2.24, 2.45) is 0 Å². The maximum Gasteiger partial charge on any atom is 0.339 e. The molecule has 1 fully saturated rings. The monoisotopic (exact) mass is 426 g/mol. The number of carbonyl (C=O) groups is 1. The van der Waals surface area contributed by atoms with Crippen LogP contribution in [0, 0.1) is 0 Å². The summed E-state index contributed by atoms with van der Waals surface area (Å²) in [7, 11) is 1.60. The Labute approximate surface area is 178 Å². The van der Waals surface area contributed by atoms with E-state index in [4.69, 9.17) is 18.7 Å². The number of benzene rings is 2. The van der Waals surface area contributed by atoms with Crippen LogP contribution in [0.2, 0.25) is 0 Å². The predicted octanol–water partition coefficient (Wildman–Crippen LogP) is 4.37. The van der Waals surface area contributed by atoms with Crippen molar-refractivity contribution in [2.45, 2.75) is 30.4 Å². The molecule has 2 heterocycles. The van der Waals surface area contributed by atoms with Crippen molar-refractivity contribution >= 4 is 17.7 Å². The summed E-state index contributed by atoms with van der Waals surface area (Å²) in [6.07, 6.45) is 2.40. The first-order valence-corrected chi connectivity index (χ1v) is 10.7. The first kappa shape index (κ1) is 20.4. The molecule has 156 valence electrons. The highest BCUT2D eigenvalue weighted by Gasteiger charge is 2.19. The van der Waals surface area contributed by atoms with Crippen LogP contribution in [0.5, 0.6) is 5.75 Å². The second-order valence-electron chi connectivity index (χ2n) is 6.76. The van der Waals surface area contributed by atoms with Gasteiger partial charge in [0.15, 0.2) is 6.61 Å². The first-order chi connectivity index (χ1) is 14.7. The van der Waals surface area contributed by atoms with Gasteiger partial charge < -0.3 is 18.7 Å². The molecular weight excluding hydrogens is 404 g/mol. The van der Waals surface area contributed by atoms with E-state index in [0.29, 0.717) is 17.3 Å². The van der Waals surface area contributed by atoms with Gasteiger partial charge in [0.25, 0.3) is 5.89 Å². The Morgan fingerprint density at radius 2 is 2.03 bits per heavy atom. The molecule has 0 bridgehead atoms. The van der Waals surface area contributed by atoms with Crippen LogP contribution in [0.15, 0.2) is 57.9 Å². The molecule has 0 N–H and O–H groups in total. The van der Waals surface area contributed by atoms with E-state index in [0.717, 1.165) is 41.4 Å². The summed E-state index contributed by atoms with van der Waals surface area (Å²) < 4.78 is 21.5. The van der Waals surface area contributed by atoms with Crippen LogP contribution in [0.3, 0.4) is 0 Å². The Bertz CT molecular complexity index is 983. The topological polar surface area (TPSA) is 83.7 Å². The number of ether oxygens (including phenoxy) is 3. The number of hydrogen-bond donors (Lipinski definition) is 0. The number of thioether (sulfide) groups is 1. The van der Waals surface area contributed by atoms with Crippen LogP contribution in [0.4, 0.5) is 0 Å². The van der Waals surface area contributed by atoms with E-state index >= 15 is 0 Å². The lowest BCUT2D eigenvalue weighted by Crippen LogP contribution is -2.10. The maximum absolute atomic E-state index is 12.6. The van der Waals surface area contributed by atoms with Crippen molar-refractivity contribution in [3.05, 3.63) is 59.9 Å². The third-order valence-corrected chi connectivity index (χ3v) is 5.90. The van der Waals surface area contributed by atoms with Gasteiger partial charge in [-0.3, -0.25) is 0 Å². The quantitative estimate of drug-likeness (QED) is 0.388. The largest absolute Gasteiger partial charge is 0.497 e. The Morgan fingerprint density at radius 3 is 2.80 bits per heavy atom. The third-order valence-electron chi connectivity index (χ3n) is 4.69. The highest BCUT2D eigenvalue weighted by atomic mass is 32.2. The molecule has 0 aliphatic carbocycles. The van der Waals surface area contributed by atoms with Crippen molar-refractivity contribution in [3.63, 3.8) is 0 Å². The van der Waals surface area contributed by atoms with E-state index in [1.165, 1.54) is 0 Å². The van der Waals surface area contributed by atoms with E-state index in [9.17, 15) is 4.79 Å². The van der Waals surface area contributed by atoms with Gasteiger partial charge in [-0.1, -0.05) is 17.3 Å². The van der Waals surface area contributed by atoms with Crippen molar-refractivity contribution in [1.82, 2.24) is 10.1 Å². The molecule has 8 heteroatoms. The molecule has 3 aromatic rings. The molecule has 2 aromatic carbocycles. The summed E-state index contributed by atoms with van der Waals surface area (Å²) >= 11 is 1.61. The second kappa shape index (κ2) is 9.77. The number of nitrogens with zero attached hydrogens (tertiary/aromatic N) is 2. The molecule has 0 saturated carbocycles. The summed E-state index contributed by atoms with van der Waals surface area (Å²) in [4.78, 5) is 17.8. The second-order valence-corrected chi connectivity index (χ2v) is 7.82. The molecule has 0 spiro atoms. The Morgan fingerprint density at radius 1 is 1.20 bits per heavy atom. The van der Waals surface area contributed by atoms with Crippen LogP contribution in [-0.2, 0) is 16.1 Å². The van der Waals surface area contributed by atoms with Crippen molar-refractivity contribution in [3.8, 4) is 17.2 Å². The van der Waals surface area contributed by atoms with E-state index in [2.05, 4.69) is 10.1 Å². The molecule has 1 unspecified atom stereocenters. The lowest BCUT2D eigenvalue weighted by Gasteiger charge is -2.11. The highest BCUT2D eigenvalue weighted by Crippen LogP contribution is 2.27. The van der Waals surface area contributed by atoms with Gasteiger partial charge >= 0.3 is 5.97 Å². The third kappa shape index (κ3) is 5.01. The lowest BCUT2D eigenvalue weighted by atomic mass is 10.2. The lowest BCUT2D eigenvalue weighted by molar-refractivity contribution is 0.0455. The minimum absolute atomic E-state index is 0.0662. The average molecular weight is 426 g/mol. The fourth-order valence-electron chi connectivity index (χ4n) is 3.09. The predicted molar refractivity (Wildman–Crippen MR) is 112 cm³/mol. The van der Waals surface area contributed by atoms with Crippen molar-refractivity contribution in [2.75, 3.05) is 19.5 Å². The summed E-state index contributed by atoms with van der Waals surface area (Å²) in [6, 6.07) is 14.7. The molecule has 30 heavy (non-hydrogen) atoms.